The van der Waals surface area contributed by atoms with E-state index >= 15 is 0 Å². The molecule has 0 saturated carbocycles. The summed E-state index contributed by atoms with van der Waals surface area (Å²) in [5.41, 5.74) is 1.02. The van der Waals surface area contributed by atoms with Gasteiger partial charge in [-0.3, -0.25) is 0 Å². The third-order valence-corrected chi connectivity index (χ3v) is 6.01. The minimum atomic E-state index is 0.274. The van der Waals surface area contributed by atoms with Gasteiger partial charge >= 0.3 is 0 Å². The summed E-state index contributed by atoms with van der Waals surface area (Å²) >= 11 is 7.80. The van der Waals surface area contributed by atoms with Crippen molar-refractivity contribution >= 4 is 38.3 Å². The first-order valence-electron chi connectivity index (χ1n) is 8.17. The summed E-state index contributed by atoms with van der Waals surface area (Å²) in [6.45, 7) is 2.32. The van der Waals surface area contributed by atoms with Crippen molar-refractivity contribution in [1.29, 1.82) is 0 Å². The summed E-state index contributed by atoms with van der Waals surface area (Å²) < 4.78 is 1.15. The molecule has 4 nitrogen and oxygen atoms in total. The highest BCUT2D eigenvalue weighted by atomic mass is 35.5. The third kappa shape index (κ3) is 3.79. The molecule has 1 aromatic heterocycles. The number of hydrogen-bond donors (Lipinski definition) is 1. The second-order valence-electron chi connectivity index (χ2n) is 6.50. The Morgan fingerprint density at radius 1 is 1.43 bits per heavy atom. The Morgan fingerprint density at radius 2 is 2.26 bits per heavy atom. The zero-order valence-corrected chi connectivity index (χ0v) is 15.3. The van der Waals surface area contributed by atoms with Crippen LogP contribution in [0.5, 0.6) is 0 Å². The van der Waals surface area contributed by atoms with Crippen molar-refractivity contribution in [2.24, 2.45) is 5.92 Å². The van der Waals surface area contributed by atoms with E-state index in [1.54, 1.807) is 11.3 Å². The summed E-state index contributed by atoms with van der Waals surface area (Å²) in [6, 6.07) is 6.47. The van der Waals surface area contributed by atoms with Gasteiger partial charge in [0.05, 0.1) is 10.2 Å². The smallest absolute Gasteiger partial charge is 0.186 e. The van der Waals surface area contributed by atoms with Gasteiger partial charge in [-0.05, 0) is 57.5 Å². The molecule has 1 aromatic carbocycles. The van der Waals surface area contributed by atoms with Crippen LogP contribution < -0.4 is 4.90 Å². The first-order valence-corrected chi connectivity index (χ1v) is 9.36. The van der Waals surface area contributed by atoms with Crippen LogP contribution in [0, 0.1) is 5.92 Å². The van der Waals surface area contributed by atoms with Crippen molar-refractivity contribution in [2.45, 2.75) is 25.3 Å². The summed E-state index contributed by atoms with van der Waals surface area (Å²) in [5, 5.41) is 11.0. The molecule has 0 radical (unpaired) electrons. The summed E-state index contributed by atoms with van der Waals surface area (Å²) in [4.78, 5) is 9.52. The first kappa shape index (κ1) is 17.0. The predicted octanol–water partition coefficient (Wildman–Crippen LogP) is 3.48. The summed E-state index contributed by atoms with van der Waals surface area (Å²) in [7, 11) is 4.32. The topological polar surface area (TPSA) is 39.6 Å². The zero-order chi connectivity index (χ0) is 16.4. The van der Waals surface area contributed by atoms with Gasteiger partial charge in [0, 0.05) is 30.8 Å². The number of aliphatic hydroxyl groups excluding tert-OH is 1. The SMILES string of the molecule is CN(C)[C@@H]1CCN(c2nc3ccc(Cl)cc3s2)C[C@@H]1CCCO. The fourth-order valence-corrected chi connectivity index (χ4v) is 4.81. The quantitative estimate of drug-likeness (QED) is 0.893. The van der Waals surface area contributed by atoms with Gasteiger partial charge in [0.1, 0.15) is 0 Å². The van der Waals surface area contributed by atoms with Crippen LogP contribution in [0.3, 0.4) is 0 Å². The van der Waals surface area contributed by atoms with Gasteiger partial charge in [0.2, 0.25) is 0 Å². The molecular weight excluding hydrogens is 330 g/mol. The largest absolute Gasteiger partial charge is 0.396 e. The molecule has 0 unspecified atom stereocenters. The number of aliphatic hydroxyl groups is 1. The number of nitrogens with zero attached hydrogens (tertiary/aromatic N) is 3. The van der Waals surface area contributed by atoms with Crippen LogP contribution in [-0.2, 0) is 0 Å². The number of halogens is 1. The minimum Gasteiger partial charge on any atom is -0.396 e. The lowest BCUT2D eigenvalue weighted by atomic mass is 9.88. The number of fused-ring (bicyclic) bond motifs is 1. The van der Waals surface area contributed by atoms with Crippen LogP contribution in [-0.4, -0.2) is 54.8 Å². The maximum atomic E-state index is 9.18. The second kappa shape index (κ2) is 7.34. The molecule has 2 heterocycles. The van der Waals surface area contributed by atoms with E-state index in [1.807, 2.05) is 18.2 Å². The van der Waals surface area contributed by atoms with Crippen molar-refractivity contribution < 1.29 is 5.11 Å². The number of anilines is 1. The van der Waals surface area contributed by atoms with E-state index in [-0.39, 0.29) is 6.61 Å². The zero-order valence-electron chi connectivity index (χ0n) is 13.7. The van der Waals surface area contributed by atoms with Crippen molar-refractivity contribution in [1.82, 2.24) is 9.88 Å². The van der Waals surface area contributed by atoms with E-state index < -0.39 is 0 Å². The fraction of sp³-hybridized carbons (Fsp3) is 0.588. The van der Waals surface area contributed by atoms with Crippen LogP contribution in [0.4, 0.5) is 5.13 Å². The highest BCUT2D eigenvalue weighted by molar-refractivity contribution is 7.22. The number of thiazole rings is 1. The minimum absolute atomic E-state index is 0.274. The molecule has 126 valence electrons. The van der Waals surface area contributed by atoms with Gasteiger partial charge in [-0.25, -0.2) is 4.98 Å². The molecule has 1 aliphatic heterocycles. The Morgan fingerprint density at radius 3 is 3.00 bits per heavy atom. The number of rotatable bonds is 5. The molecule has 1 N–H and O–H groups in total. The van der Waals surface area contributed by atoms with Crippen molar-refractivity contribution in [3.8, 4) is 0 Å². The molecule has 0 bridgehead atoms. The van der Waals surface area contributed by atoms with Gasteiger partial charge in [-0.2, -0.15) is 0 Å². The van der Waals surface area contributed by atoms with Crippen LogP contribution >= 0.6 is 22.9 Å². The number of hydrogen-bond acceptors (Lipinski definition) is 5. The Hall–Kier alpha value is -0.880. The first-order chi connectivity index (χ1) is 11.1. The van der Waals surface area contributed by atoms with Crippen molar-refractivity contribution in [3.05, 3.63) is 23.2 Å². The van der Waals surface area contributed by atoms with E-state index in [0.717, 1.165) is 52.7 Å². The molecule has 3 rings (SSSR count). The highest BCUT2D eigenvalue weighted by Crippen LogP contribution is 2.34. The molecular formula is C17H24ClN3OS. The van der Waals surface area contributed by atoms with Crippen molar-refractivity contribution in [2.75, 3.05) is 38.7 Å². The van der Waals surface area contributed by atoms with Crippen LogP contribution in [0.1, 0.15) is 19.3 Å². The number of piperidine rings is 1. The van der Waals surface area contributed by atoms with Gasteiger partial charge < -0.3 is 14.9 Å². The standard InChI is InChI=1S/C17H24ClN3OS/c1-20(2)15-7-8-21(11-12(15)4-3-9-22)17-19-14-6-5-13(18)10-16(14)23-17/h5-6,10,12,15,22H,3-4,7-9,11H2,1-2H3/t12-,15+/m0/s1. The maximum Gasteiger partial charge on any atom is 0.186 e. The highest BCUT2D eigenvalue weighted by Gasteiger charge is 2.31. The van der Waals surface area contributed by atoms with Gasteiger partial charge in [0.15, 0.2) is 5.13 Å². The summed E-state index contributed by atoms with van der Waals surface area (Å²) in [5.74, 6) is 0.571. The normalized spacial score (nSPS) is 22.2. The Bertz CT molecular complexity index is 660. The Labute approximate surface area is 146 Å². The summed E-state index contributed by atoms with van der Waals surface area (Å²) in [6.07, 6.45) is 3.07. The molecule has 2 aromatic rings. The van der Waals surface area contributed by atoms with E-state index in [2.05, 4.69) is 23.9 Å². The molecule has 1 saturated heterocycles. The van der Waals surface area contributed by atoms with Gasteiger partial charge in [0.25, 0.3) is 0 Å². The molecule has 1 aliphatic rings. The van der Waals surface area contributed by atoms with Crippen LogP contribution in [0.25, 0.3) is 10.2 Å². The molecule has 2 atom stereocenters. The second-order valence-corrected chi connectivity index (χ2v) is 7.95. The van der Waals surface area contributed by atoms with Crippen LogP contribution in [0.15, 0.2) is 18.2 Å². The molecule has 0 amide bonds. The van der Waals surface area contributed by atoms with Crippen LogP contribution in [0.2, 0.25) is 5.02 Å². The molecule has 23 heavy (non-hydrogen) atoms. The average Bonchev–Trinajstić information content (AvgIpc) is 2.95. The van der Waals surface area contributed by atoms with Gasteiger partial charge in [-0.1, -0.05) is 22.9 Å². The molecule has 1 fully saturated rings. The van der Waals surface area contributed by atoms with E-state index in [1.165, 1.54) is 0 Å². The molecule has 0 aliphatic carbocycles. The average molecular weight is 354 g/mol. The lowest BCUT2D eigenvalue weighted by Crippen LogP contribution is -2.49. The monoisotopic (exact) mass is 353 g/mol. The van der Waals surface area contributed by atoms with Crippen molar-refractivity contribution in [3.63, 3.8) is 0 Å². The molecule has 0 spiro atoms. The van der Waals surface area contributed by atoms with E-state index in [4.69, 9.17) is 16.6 Å². The van der Waals surface area contributed by atoms with E-state index in [9.17, 15) is 5.11 Å². The fourth-order valence-electron chi connectivity index (χ4n) is 3.53. The van der Waals surface area contributed by atoms with Gasteiger partial charge in [-0.15, -0.1) is 0 Å². The number of aromatic nitrogens is 1. The Balaban J connectivity index is 1.79. The maximum absolute atomic E-state index is 9.18. The van der Waals surface area contributed by atoms with E-state index in [0.29, 0.717) is 12.0 Å². The lowest BCUT2D eigenvalue weighted by Gasteiger charge is -2.41. The predicted molar refractivity (Wildman–Crippen MR) is 98.7 cm³/mol. The lowest BCUT2D eigenvalue weighted by molar-refractivity contribution is 0.161. The molecule has 6 heteroatoms. The third-order valence-electron chi connectivity index (χ3n) is 4.70. The number of benzene rings is 1. The Kier molecular flexibility index (Phi) is 5.42.